The Morgan fingerprint density at radius 3 is 2.57 bits per heavy atom. The van der Waals surface area contributed by atoms with Crippen LogP contribution in [0.5, 0.6) is 0 Å². The summed E-state index contributed by atoms with van der Waals surface area (Å²) in [6.45, 7) is 6.31. The van der Waals surface area contributed by atoms with E-state index in [2.05, 4.69) is 41.6 Å². The molecule has 1 saturated heterocycles. The predicted octanol–water partition coefficient (Wildman–Crippen LogP) is 3.23. The molecular formula is C18H24N2O. The molecule has 1 aromatic carbocycles. The normalized spacial score (nSPS) is 22.7. The van der Waals surface area contributed by atoms with E-state index in [0.717, 1.165) is 18.7 Å². The van der Waals surface area contributed by atoms with Crippen LogP contribution in [0.25, 0.3) is 10.9 Å². The van der Waals surface area contributed by atoms with Crippen molar-refractivity contribution in [1.82, 2.24) is 9.47 Å². The van der Waals surface area contributed by atoms with Gasteiger partial charge < -0.3 is 9.47 Å². The highest BCUT2D eigenvalue weighted by atomic mass is 16.2. The number of rotatable bonds is 2. The number of likely N-dealkylation sites (tertiary alicyclic amines) is 1. The second-order valence-electron chi connectivity index (χ2n) is 6.70. The van der Waals surface area contributed by atoms with Crippen LogP contribution in [0.4, 0.5) is 0 Å². The molecule has 0 aliphatic carbocycles. The van der Waals surface area contributed by atoms with Crippen molar-refractivity contribution in [3.05, 3.63) is 36.0 Å². The maximum atomic E-state index is 12.6. The lowest BCUT2D eigenvalue weighted by Crippen LogP contribution is -2.43. The second kappa shape index (κ2) is 5.55. The van der Waals surface area contributed by atoms with Gasteiger partial charge >= 0.3 is 0 Å². The molecule has 21 heavy (non-hydrogen) atoms. The molecule has 2 atom stereocenters. The number of carbonyl (C=O) groups is 1. The van der Waals surface area contributed by atoms with Gasteiger partial charge in [-0.3, -0.25) is 4.79 Å². The molecule has 1 amide bonds. The van der Waals surface area contributed by atoms with Crippen molar-refractivity contribution in [3.8, 4) is 0 Å². The molecule has 1 aliphatic heterocycles. The molecule has 0 radical (unpaired) electrons. The van der Waals surface area contributed by atoms with E-state index in [0.29, 0.717) is 18.3 Å². The summed E-state index contributed by atoms with van der Waals surface area (Å²) >= 11 is 0. The number of carbonyl (C=O) groups excluding carboxylic acids is 1. The average Bonchev–Trinajstić information content (AvgIpc) is 2.75. The summed E-state index contributed by atoms with van der Waals surface area (Å²) in [6, 6.07) is 8.30. The van der Waals surface area contributed by atoms with Gasteiger partial charge in [-0.2, -0.15) is 0 Å². The Morgan fingerprint density at radius 2 is 1.86 bits per heavy atom. The summed E-state index contributed by atoms with van der Waals surface area (Å²) in [6.07, 6.45) is 3.85. The van der Waals surface area contributed by atoms with E-state index in [1.165, 1.54) is 17.3 Å². The number of benzene rings is 1. The summed E-state index contributed by atoms with van der Waals surface area (Å²) in [7, 11) is 2.04. The number of hydrogen-bond acceptors (Lipinski definition) is 1. The molecule has 0 spiro atoms. The van der Waals surface area contributed by atoms with Crippen LogP contribution < -0.4 is 0 Å². The number of nitrogens with zero attached hydrogens (tertiary/aromatic N) is 2. The van der Waals surface area contributed by atoms with E-state index in [9.17, 15) is 4.79 Å². The van der Waals surface area contributed by atoms with Gasteiger partial charge in [0.15, 0.2) is 0 Å². The predicted molar refractivity (Wildman–Crippen MR) is 86.1 cm³/mol. The quantitative estimate of drug-likeness (QED) is 0.831. The lowest BCUT2D eigenvalue weighted by atomic mass is 9.91. The van der Waals surface area contributed by atoms with E-state index >= 15 is 0 Å². The van der Waals surface area contributed by atoms with Gasteiger partial charge in [0.2, 0.25) is 5.91 Å². The minimum Gasteiger partial charge on any atom is -0.350 e. The Balaban J connectivity index is 1.80. The number of para-hydroxylation sites is 1. The molecule has 3 rings (SSSR count). The smallest absolute Gasteiger partial charge is 0.227 e. The van der Waals surface area contributed by atoms with Crippen LogP contribution in [-0.2, 0) is 18.3 Å². The number of amides is 1. The summed E-state index contributed by atoms with van der Waals surface area (Å²) in [5, 5.41) is 1.20. The fraction of sp³-hybridized carbons (Fsp3) is 0.500. The van der Waals surface area contributed by atoms with Crippen molar-refractivity contribution in [1.29, 1.82) is 0 Å². The van der Waals surface area contributed by atoms with Gasteiger partial charge in [-0.25, -0.2) is 0 Å². The molecule has 112 valence electrons. The fourth-order valence-electron chi connectivity index (χ4n) is 3.71. The zero-order valence-electron chi connectivity index (χ0n) is 13.2. The molecular weight excluding hydrogens is 260 g/mol. The van der Waals surface area contributed by atoms with E-state index in [-0.39, 0.29) is 5.91 Å². The van der Waals surface area contributed by atoms with Gasteiger partial charge in [0, 0.05) is 37.2 Å². The fourth-order valence-corrected chi connectivity index (χ4v) is 3.71. The number of hydrogen-bond donors (Lipinski definition) is 0. The van der Waals surface area contributed by atoms with E-state index in [1.54, 1.807) is 0 Å². The van der Waals surface area contributed by atoms with Gasteiger partial charge in [0.1, 0.15) is 0 Å². The Kier molecular flexibility index (Phi) is 3.75. The summed E-state index contributed by atoms with van der Waals surface area (Å²) in [4.78, 5) is 14.7. The van der Waals surface area contributed by atoms with Gasteiger partial charge in [-0.15, -0.1) is 0 Å². The van der Waals surface area contributed by atoms with E-state index < -0.39 is 0 Å². The Labute approximate surface area is 126 Å². The van der Waals surface area contributed by atoms with Crippen molar-refractivity contribution in [2.45, 2.75) is 26.7 Å². The molecule has 0 saturated carbocycles. The number of piperidine rings is 1. The van der Waals surface area contributed by atoms with Crippen molar-refractivity contribution < 1.29 is 4.79 Å². The summed E-state index contributed by atoms with van der Waals surface area (Å²) < 4.78 is 2.11. The highest BCUT2D eigenvalue weighted by Gasteiger charge is 2.25. The topological polar surface area (TPSA) is 25.2 Å². The first-order chi connectivity index (χ1) is 10.0. The average molecular weight is 284 g/mol. The highest BCUT2D eigenvalue weighted by Crippen LogP contribution is 2.24. The minimum atomic E-state index is 0.268. The van der Waals surface area contributed by atoms with E-state index in [1.807, 2.05) is 19.2 Å². The SMILES string of the molecule is CC1CC(C)CN(C(=O)Cc2cn(C)c3ccccc23)C1. The van der Waals surface area contributed by atoms with Crippen molar-refractivity contribution in [3.63, 3.8) is 0 Å². The molecule has 0 N–H and O–H groups in total. The van der Waals surface area contributed by atoms with Crippen LogP contribution in [0, 0.1) is 11.8 Å². The molecule has 1 aliphatic rings. The van der Waals surface area contributed by atoms with Crippen molar-refractivity contribution in [2.24, 2.45) is 18.9 Å². The first-order valence-electron chi connectivity index (χ1n) is 7.85. The second-order valence-corrected chi connectivity index (χ2v) is 6.70. The number of fused-ring (bicyclic) bond motifs is 1. The van der Waals surface area contributed by atoms with Crippen LogP contribution >= 0.6 is 0 Å². The third-order valence-electron chi connectivity index (χ3n) is 4.54. The van der Waals surface area contributed by atoms with Crippen LogP contribution in [0.1, 0.15) is 25.8 Å². The van der Waals surface area contributed by atoms with Crippen LogP contribution in [0.3, 0.4) is 0 Å². The van der Waals surface area contributed by atoms with Crippen LogP contribution in [-0.4, -0.2) is 28.5 Å². The Hall–Kier alpha value is -1.77. The van der Waals surface area contributed by atoms with Crippen molar-refractivity contribution >= 4 is 16.8 Å². The highest BCUT2D eigenvalue weighted by molar-refractivity contribution is 5.89. The standard InChI is InChI=1S/C18H24N2O/c1-13-8-14(2)11-20(10-13)18(21)9-15-12-19(3)17-7-5-4-6-16(15)17/h4-7,12-14H,8-11H2,1-3H3. The molecule has 1 aromatic heterocycles. The van der Waals surface area contributed by atoms with Crippen molar-refractivity contribution in [2.75, 3.05) is 13.1 Å². The maximum absolute atomic E-state index is 12.6. The molecule has 2 heterocycles. The number of aromatic nitrogens is 1. The first kappa shape index (κ1) is 14.2. The van der Waals surface area contributed by atoms with Gasteiger partial charge in [0.05, 0.1) is 6.42 Å². The third kappa shape index (κ3) is 2.82. The Morgan fingerprint density at radius 1 is 1.19 bits per heavy atom. The first-order valence-corrected chi connectivity index (χ1v) is 7.85. The third-order valence-corrected chi connectivity index (χ3v) is 4.54. The van der Waals surface area contributed by atoms with Crippen LogP contribution in [0.15, 0.2) is 30.5 Å². The molecule has 1 fully saturated rings. The Bertz CT molecular complexity index is 648. The lowest BCUT2D eigenvalue weighted by Gasteiger charge is -2.35. The molecule has 0 bridgehead atoms. The molecule has 3 heteroatoms. The maximum Gasteiger partial charge on any atom is 0.227 e. The van der Waals surface area contributed by atoms with Crippen LogP contribution in [0.2, 0.25) is 0 Å². The molecule has 2 unspecified atom stereocenters. The lowest BCUT2D eigenvalue weighted by molar-refractivity contribution is -0.133. The van der Waals surface area contributed by atoms with Gasteiger partial charge in [0.25, 0.3) is 0 Å². The summed E-state index contributed by atoms with van der Waals surface area (Å²) in [5.74, 6) is 1.50. The van der Waals surface area contributed by atoms with E-state index in [4.69, 9.17) is 0 Å². The number of aryl methyl sites for hydroxylation is 1. The molecule has 3 nitrogen and oxygen atoms in total. The zero-order chi connectivity index (χ0) is 15.0. The zero-order valence-corrected chi connectivity index (χ0v) is 13.2. The monoisotopic (exact) mass is 284 g/mol. The molecule has 2 aromatic rings. The largest absolute Gasteiger partial charge is 0.350 e. The van der Waals surface area contributed by atoms with Gasteiger partial charge in [-0.1, -0.05) is 32.0 Å². The minimum absolute atomic E-state index is 0.268. The summed E-state index contributed by atoms with van der Waals surface area (Å²) in [5.41, 5.74) is 2.34. The van der Waals surface area contributed by atoms with Gasteiger partial charge in [-0.05, 0) is 29.9 Å².